The number of fused-ring (bicyclic) bond motifs is 1. The second-order valence-corrected chi connectivity index (χ2v) is 8.38. The standard InChI is InChI=1S/C26H23F4N3O3.CH4/c1-15(32-25(35)16(2)34)24(17-3-5-19(6-4-17)26(28,29)30)36-22-11-12-23-18(13-22)14-31-33(23)21-9-7-20(27)8-10-21;/h3-16,24,34H,1-2H3,(H,32,35);1H4/t15-,16-,24-;/m0./s1. The van der Waals surface area contributed by atoms with Crippen molar-refractivity contribution in [1.82, 2.24) is 15.1 Å². The molecule has 1 amide bonds. The molecule has 0 spiro atoms. The summed E-state index contributed by atoms with van der Waals surface area (Å²) < 4.78 is 60.2. The van der Waals surface area contributed by atoms with Crippen molar-refractivity contribution < 1.29 is 32.2 Å². The number of nitrogens with one attached hydrogen (secondary N) is 1. The highest BCUT2D eigenvalue weighted by molar-refractivity contribution is 5.82. The largest absolute Gasteiger partial charge is 0.484 e. The van der Waals surface area contributed by atoms with Crippen molar-refractivity contribution in [3.63, 3.8) is 0 Å². The van der Waals surface area contributed by atoms with Gasteiger partial charge in [-0.1, -0.05) is 19.6 Å². The van der Waals surface area contributed by atoms with E-state index in [0.29, 0.717) is 22.4 Å². The van der Waals surface area contributed by atoms with E-state index in [1.165, 1.54) is 31.2 Å². The third kappa shape index (κ3) is 6.26. The molecule has 1 aromatic heterocycles. The summed E-state index contributed by atoms with van der Waals surface area (Å²) in [5, 5.41) is 17.2. The number of aliphatic hydroxyl groups is 1. The number of alkyl halides is 3. The van der Waals surface area contributed by atoms with E-state index in [4.69, 9.17) is 4.74 Å². The first-order valence-corrected chi connectivity index (χ1v) is 11.1. The lowest BCUT2D eigenvalue weighted by molar-refractivity contribution is -0.137. The molecule has 0 aliphatic heterocycles. The van der Waals surface area contributed by atoms with Gasteiger partial charge in [0.25, 0.3) is 0 Å². The van der Waals surface area contributed by atoms with Crippen molar-refractivity contribution in [3.8, 4) is 11.4 Å². The van der Waals surface area contributed by atoms with Gasteiger partial charge in [0.1, 0.15) is 23.8 Å². The fraction of sp³-hybridized carbons (Fsp3) is 0.259. The number of hydrogen-bond acceptors (Lipinski definition) is 4. The molecular formula is C27H27F4N3O3. The Morgan fingerprint density at radius 3 is 2.27 bits per heavy atom. The van der Waals surface area contributed by atoms with E-state index in [9.17, 15) is 27.5 Å². The number of benzene rings is 3. The number of rotatable bonds is 7. The molecular weight excluding hydrogens is 490 g/mol. The van der Waals surface area contributed by atoms with Gasteiger partial charge in [-0.3, -0.25) is 4.79 Å². The molecule has 2 N–H and O–H groups in total. The van der Waals surface area contributed by atoms with Gasteiger partial charge in [0.05, 0.1) is 29.0 Å². The number of nitrogens with zero attached hydrogens (tertiary/aromatic N) is 2. The number of hydrogen-bond donors (Lipinski definition) is 2. The number of aromatic nitrogens is 2. The van der Waals surface area contributed by atoms with Crippen LogP contribution >= 0.6 is 0 Å². The molecule has 3 aromatic carbocycles. The molecule has 0 bridgehead atoms. The predicted molar refractivity (Wildman–Crippen MR) is 132 cm³/mol. The Bertz CT molecular complexity index is 1350. The maximum Gasteiger partial charge on any atom is 0.416 e. The molecule has 10 heteroatoms. The maximum atomic E-state index is 13.3. The molecule has 6 nitrogen and oxygen atoms in total. The molecule has 4 rings (SSSR count). The number of halogens is 4. The zero-order valence-corrected chi connectivity index (χ0v) is 19.3. The summed E-state index contributed by atoms with van der Waals surface area (Å²) in [5.41, 5.74) is 0.997. The highest BCUT2D eigenvalue weighted by atomic mass is 19.4. The van der Waals surface area contributed by atoms with Crippen LogP contribution in [0.25, 0.3) is 16.6 Å². The molecule has 0 saturated carbocycles. The van der Waals surface area contributed by atoms with E-state index in [-0.39, 0.29) is 13.2 Å². The molecule has 4 aromatic rings. The SMILES string of the molecule is C.C[C@H](O)C(=O)N[C@@H](C)[C@H](Oc1ccc2c(cnn2-c2ccc(F)cc2)c1)c1ccc(C(F)(F)F)cc1. The minimum absolute atomic E-state index is 0. The van der Waals surface area contributed by atoms with Gasteiger partial charge < -0.3 is 15.2 Å². The van der Waals surface area contributed by atoms with Gasteiger partial charge in [-0.2, -0.15) is 18.3 Å². The zero-order chi connectivity index (χ0) is 26.0. The third-order valence-corrected chi connectivity index (χ3v) is 5.64. The Kier molecular flexibility index (Phi) is 8.22. The van der Waals surface area contributed by atoms with E-state index in [2.05, 4.69) is 10.4 Å². The monoisotopic (exact) mass is 517 g/mol. The van der Waals surface area contributed by atoms with Crippen LogP contribution < -0.4 is 10.1 Å². The number of amides is 1. The van der Waals surface area contributed by atoms with Gasteiger partial charge >= 0.3 is 6.18 Å². The second-order valence-electron chi connectivity index (χ2n) is 8.38. The second kappa shape index (κ2) is 11.0. The quantitative estimate of drug-likeness (QED) is 0.303. The number of carbonyl (C=O) groups excluding carboxylic acids is 1. The van der Waals surface area contributed by atoms with Crippen molar-refractivity contribution in [1.29, 1.82) is 0 Å². The van der Waals surface area contributed by atoms with Crippen molar-refractivity contribution in [3.05, 3.63) is 89.9 Å². The van der Waals surface area contributed by atoms with E-state index in [0.717, 1.165) is 17.6 Å². The van der Waals surface area contributed by atoms with Crippen LogP contribution in [0.3, 0.4) is 0 Å². The fourth-order valence-electron chi connectivity index (χ4n) is 3.76. The highest BCUT2D eigenvalue weighted by Gasteiger charge is 2.31. The first kappa shape index (κ1) is 27.7. The third-order valence-electron chi connectivity index (χ3n) is 5.64. The van der Waals surface area contributed by atoms with Gasteiger partial charge in [-0.05, 0) is 74.0 Å². The normalized spacial score (nSPS) is 13.9. The van der Waals surface area contributed by atoms with Crippen molar-refractivity contribution in [2.45, 2.75) is 45.7 Å². The summed E-state index contributed by atoms with van der Waals surface area (Å²) in [6.07, 6.45) is -5.01. The molecule has 196 valence electrons. The van der Waals surface area contributed by atoms with E-state index in [1.54, 1.807) is 48.1 Å². The lowest BCUT2D eigenvalue weighted by Crippen LogP contribution is -2.43. The van der Waals surface area contributed by atoms with Crippen LogP contribution in [0.4, 0.5) is 17.6 Å². The number of aliphatic hydroxyl groups excluding tert-OH is 1. The summed E-state index contributed by atoms with van der Waals surface area (Å²) in [4.78, 5) is 12.1. The van der Waals surface area contributed by atoms with E-state index < -0.39 is 35.9 Å². The van der Waals surface area contributed by atoms with E-state index >= 15 is 0 Å². The zero-order valence-electron chi connectivity index (χ0n) is 19.3. The summed E-state index contributed by atoms with van der Waals surface area (Å²) >= 11 is 0. The Labute approximate surface area is 211 Å². The molecule has 1 heterocycles. The van der Waals surface area contributed by atoms with Gasteiger partial charge in [-0.25, -0.2) is 9.07 Å². The van der Waals surface area contributed by atoms with Gasteiger partial charge in [0.15, 0.2) is 0 Å². The number of carbonyl (C=O) groups is 1. The Morgan fingerprint density at radius 2 is 1.68 bits per heavy atom. The van der Waals surface area contributed by atoms with Crippen molar-refractivity contribution in [2.75, 3.05) is 0 Å². The summed E-state index contributed by atoms with van der Waals surface area (Å²) in [6, 6.07) is 14.8. The fourth-order valence-corrected chi connectivity index (χ4v) is 3.76. The number of ether oxygens (including phenoxy) is 1. The molecule has 0 fully saturated rings. The molecule has 37 heavy (non-hydrogen) atoms. The lowest BCUT2D eigenvalue weighted by Gasteiger charge is -2.27. The first-order chi connectivity index (χ1) is 17.0. The van der Waals surface area contributed by atoms with Crippen LogP contribution in [-0.4, -0.2) is 32.9 Å². The van der Waals surface area contributed by atoms with Gasteiger partial charge in [0.2, 0.25) is 5.91 Å². The minimum atomic E-state index is -4.49. The average Bonchev–Trinajstić information content (AvgIpc) is 3.25. The molecule has 3 atom stereocenters. The molecule has 0 unspecified atom stereocenters. The van der Waals surface area contributed by atoms with Crippen LogP contribution in [0.2, 0.25) is 0 Å². The van der Waals surface area contributed by atoms with Gasteiger partial charge in [0, 0.05) is 5.39 Å². The van der Waals surface area contributed by atoms with Gasteiger partial charge in [-0.15, -0.1) is 0 Å². The maximum absolute atomic E-state index is 13.3. The molecule has 0 aliphatic rings. The summed E-state index contributed by atoms with van der Waals surface area (Å²) in [6.45, 7) is 2.94. The summed E-state index contributed by atoms with van der Waals surface area (Å²) in [7, 11) is 0. The molecule has 0 saturated heterocycles. The van der Waals surface area contributed by atoms with Crippen molar-refractivity contribution >= 4 is 16.8 Å². The van der Waals surface area contributed by atoms with Crippen LogP contribution in [0.15, 0.2) is 72.9 Å². The Morgan fingerprint density at radius 1 is 1.03 bits per heavy atom. The van der Waals surface area contributed by atoms with E-state index in [1.807, 2.05) is 0 Å². The Balaban J connectivity index is 0.00000380. The topological polar surface area (TPSA) is 76.4 Å². The summed E-state index contributed by atoms with van der Waals surface area (Å²) in [5.74, 6) is -0.611. The smallest absolute Gasteiger partial charge is 0.416 e. The van der Waals surface area contributed by atoms with Crippen molar-refractivity contribution in [2.24, 2.45) is 0 Å². The molecule has 0 aliphatic carbocycles. The van der Waals surface area contributed by atoms with Crippen LogP contribution in [0, 0.1) is 5.82 Å². The van der Waals surface area contributed by atoms with Crippen LogP contribution in [0.1, 0.15) is 38.5 Å². The lowest BCUT2D eigenvalue weighted by atomic mass is 10.0. The Hall–Kier alpha value is -3.92. The molecule has 0 radical (unpaired) electrons. The average molecular weight is 518 g/mol. The highest BCUT2D eigenvalue weighted by Crippen LogP contribution is 2.33. The minimum Gasteiger partial charge on any atom is -0.484 e. The predicted octanol–water partition coefficient (Wildman–Crippen LogP) is 5.83. The van der Waals surface area contributed by atoms with Crippen LogP contribution in [-0.2, 0) is 11.0 Å². The van der Waals surface area contributed by atoms with Crippen LogP contribution in [0.5, 0.6) is 5.75 Å². The first-order valence-electron chi connectivity index (χ1n) is 11.1.